The topological polar surface area (TPSA) is 84.1 Å². The third-order valence-corrected chi connectivity index (χ3v) is 6.65. The van der Waals surface area contributed by atoms with E-state index in [1.54, 1.807) is 9.80 Å². The summed E-state index contributed by atoms with van der Waals surface area (Å²) in [6, 6.07) is 5.25. The molecule has 4 heterocycles. The molecular formula is C20H21ClF3N5OS. The number of amidine groups is 2. The summed E-state index contributed by atoms with van der Waals surface area (Å²) in [6.45, 7) is 2.07. The molecule has 2 aromatic heterocycles. The van der Waals surface area contributed by atoms with E-state index in [0.717, 1.165) is 36.7 Å². The Bertz CT molecular complexity index is 966. The Kier molecular flexibility index (Phi) is 7.00. The quantitative estimate of drug-likeness (QED) is 0.374. The first-order valence-electron chi connectivity index (χ1n) is 9.54. The van der Waals surface area contributed by atoms with Crippen LogP contribution in [-0.2, 0) is 11.0 Å². The highest BCUT2D eigenvalue weighted by Gasteiger charge is 2.41. The van der Waals surface area contributed by atoms with Gasteiger partial charge < -0.3 is 9.80 Å². The number of pyridine rings is 1. The molecule has 0 radical (unpaired) electrons. The van der Waals surface area contributed by atoms with Crippen molar-refractivity contribution in [3.63, 3.8) is 0 Å². The van der Waals surface area contributed by atoms with E-state index in [4.69, 9.17) is 22.4 Å². The van der Waals surface area contributed by atoms with Crippen LogP contribution in [0, 0.1) is 17.7 Å². The second-order valence-corrected chi connectivity index (χ2v) is 8.59. The van der Waals surface area contributed by atoms with Gasteiger partial charge in [0.2, 0.25) is 6.41 Å². The van der Waals surface area contributed by atoms with E-state index in [1.807, 2.05) is 17.5 Å². The van der Waals surface area contributed by atoms with Crippen molar-refractivity contribution in [3.8, 4) is 0 Å². The molecule has 2 aliphatic rings. The van der Waals surface area contributed by atoms with Crippen molar-refractivity contribution < 1.29 is 18.0 Å². The minimum absolute atomic E-state index is 0.144. The molecular weight excluding hydrogens is 451 g/mol. The van der Waals surface area contributed by atoms with Gasteiger partial charge in [-0.2, -0.15) is 13.2 Å². The molecule has 2 unspecified atom stereocenters. The number of hydrogen-bond acceptors (Lipinski definition) is 5. The Labute approximate surface area is 186 Å². The number of fused-ring (bicyclic) bond motifs is 2. The lowest BCUT2D eigenvalue weighted by Crippen LogP contribution is -2.64. The molecule has 2 aliphatic heterocycles. The number of halogens is 4. The number of carbonyl (C=O) groups excluding carboxylic acids is 1. The molecule has 6 nitrogen and oxygen atoms in total. The number of aromatic nitrogens is 1. The van der Waals surface area contributed by atoms with Gasteiger partial charge in [-0.3, -0.25) is 20.6 Å². The first-order valence-corrected chi connectivity index (χ1v) is 10.8. The minimum Gasteiger partial charge on any atom is -0.330 e. The van der Waals surface area contributed by atoms with Crippen LogP contribution in [0.1, 0.15) is 35.4 Å². The number of likely N-dealkylation sites (tertiary alicyclic amines) is 1. The van der Waals surface area contributed by atoms with Crippen LogP contribution < -0.4 is 0 Å². The fourth-order valence-electron chi connectivity index (χ4n) is 3.71. The standard InChI is InChI=1S/C13H16N4OS.C7H5ClF3N/c14-12-10-4-1-3-9(17(10)8-18)7-16(12)13(15)11-5-2-6-19-11;1-4-2-3-12-6(5(4)8)7(9,10)11/h2,5-6,8-10,14-15H,1,3-4,7H2;2-3H,1H3. The van der Waals surface area contributed by atoms with Gasteiger partial charge in [0.15, 0.2) is 5.69 Å². The van der Waals surface area contributed by atoms with Crippen LogP contribution in [0.5, 0.6) is 0 Å². The monoisotopic (exact) mass is 471 g/mol. The number of amides is 1. The normalized spacial score (nSPS) is 20.7. The Morgan fingerprint density at radius 1 is 1.35 bits per heavy atom. The van der Waals surface area contributed by atoms with Gasteiger partial charge in [-0.1, -0.05) is 17.7 Å². The highest BCUT2D eigenvalue weighted by molar-refractivity contribution is 7.12. The predicted molar refractivity (Wildman–Crippen MR) is 114 cm³/mol. The van der Waals surface area contributed by atoms with Gasteiger partial charge in [-0.15, -0.1) is 11.3 Å². The number of carbonyl (C=O) groups is 1. The Morgan fingerprint density at radius 2 is 2.10 bits per heavy atom. The van der Waals surface area contributed by atoms with Crippen LogP contribution in [0.3, 0.4) is 0 Å². The number of aryl methyl sites for hydroxylation is 1. The van der Waals surface area contributed by atoms with E-state index in [9.17, 15) is 18.0 Å². The van der Waals surface area contributed by atoms with Gasteiger partial charge in [-0.05, 0) is 49.3 Å². The van der Waals surface area contributed by atoms with Gasteiger partial charge in [0.05, 0.1) is 22.0 Å². The lowest BCUT2D eigenvalue weighted by molar-refractivity contribution is -0.141. The van der Waals surface area contributed by atoms with E-state index in [0.29, 0.717) is 23.8 Å². The molecule has 1 amide bonds. The van der Waals surface area contributed by atoms with Crippen molar-refractivity contribution in [2.75, 3.05) is 6.54 Å². The van der Waals surface area contributed by atoms with E-state index >= 15 is 0 Å². The Balaban J connectivity index is 0.000000196. The van der Waals surface area contributed by atoms with E-state index in [2.05, 4.69) is 4.98 Å². The molecule has 11 heteroatoms. The maximum Gasteiger partial charge on any atom is 0.434 e. The van der Waals surface area contributed by atoms with Crippen LogP contribution >= 0.6 is 22.9 Å². The van der Waals surface area contributed by atoms with Crippen molar-refractivity contribution in [3.05, 3.63) is 50.9 Å². The molecule has 2 saturated heterocycles. The number of alkyl halides is 3. The average molecular weight is 472 g/mol. The first-order chi connectivity index (χ1) is 14.6. The summed E-state index contributed by atoms with van der Waals surface area (Å²) in [5.41, 5.74) is -0.650. The highest BCUT2D eigenvalue weighted by atomic mass is 35.5. The third-order valence-electron chi connectivity index (χ3n) is 5.29. The van der Waals surface area contributed by atoms with E-state index in [-0.39, 0.29) is 17.1 Å². The first kappa shape index (κ1) is 23.2. The maximum atomic E-state index is 12.1. The summed E-state index contributed by atoms with van der Waals surface area (Å²) < 4.78 is 36.2. The summed E-state index contributed by atoms with van der Waals surface area (Å²) in [4.78, 5) is 18.7. The largest absolute Gasteiger partial charge is 0.434 e. The van der Waals surface area contributed by atoms with Gasteiger partial charge in [-0.25, -0.2) is 0 Å². The van der Waals surface area contributed by atoms with Crippen LogP contribution in [0.2, 0.25) is 5.02 Å². The lowest BCUT2D eigenvalue weighted by atomic mass is 9.91. The van der Waals surface area contributed by atoms with Crippen LogP contribution in [0.25, 0.3) is 0 Å². The number of thiophene rings is 1. The molecule has 0 aromatic carbocycles. The van der Waals surface area contributed by atoms with Crippen molar-refractivity contribution in [1.29, 1.82) is 10.8 Å². The number of nitrogens with one attached hydrogen (secondary N) is 2. The Morgan fingerprint density at radius 3 is 2.68 bits per heavy atom. The molecule has 2 bridgehead atoms. The van der Waals surface area contributed by atoms with E-state index in [1.165, 1.54) is 24.3 Å². The maximum absolute atomic E-state index is 12.1. The fraction of sp³-hybridized carbons (Fsp3) is 0.400. The zero-order valence-corrected chi connectivity index (χ0v) is 18.2. The van der Waals surface area contributed by atoms with Crippen LogP contribution in [0.4, 0.5) is 13.2 Å². The molecule has 2 fully saturated rings. The number of nitrogens with zero attached hydrogens (tertiary/aromatic N) is 3. The number of hydrogen-bond donors (Lipinski definition) is 2. The van der Waals surface area contributed by atoms with E-state index < -0.39 is 11.9 Å². The van der Waals surface area contributed by atoms with Crippen LogP contribution in [-0.4, -0.2) is 51.5 Å². The van der Waals surface area contributed by atoms with Gasteiger partial charge in [0.25, 0.3) is 0 Å². The average Bonchev–Trinajstić information content (AvgIpc) is 3.26. The second kappa shape index (κ2) is 9.35. The van der Waals surface area contributed by atoms with Crippen molar-refractivity contribution in [2.45, 2.75) is 44.4 Å². The van der Waals surface area contributed by atoms with Gasteiger partial charge >= 0.3 is 6.18 Å². The Hall–Kier alpha value is -2.46. The molecule has 0 saturated carbocycles. The lowest BCUT2D eigenvalue weighted by Gasteiger charge is -2.49. The predicted octanol–water partition coefficient (Wildman–Crippen LogP) is 4.81. The smallest absolute Gasteiger partial charge is 0.330 e. The zero-order chi connectivity index (χ0) is 22.8. The molecule has 0 spiro atoms. The molecule has 2 aromatic rings. The summed E-state index contributed by atoms with van der Waals surface area (Å²) in [6.07, 6.45) is 0.351. The third kappa shape index (κ3) is 4.90. The summed E-state index contributed by atoms with van der Waals surface area (Å²) in [7, 11) is 0. The van der Waals surface area contributed by atoms with Crippen LogP contribution in [0.15, 0.2) is 29.8 Å². The number of rotatable bonds is 2. The molecule has 2 N–H and O–H groups in total. The van der Waals surface area contributed by atoms with Crippen molar-refractivity contribution in [2.24, 2.45) is 0 Å². The SMILES string of the molecule is Cc1ccnc(C(F)(F)F)c1Cl.N=C(c1cccs1)N1CC2CCCC(C1=N)N2C=O. The van der Waals surface area contributed by atoms with Crippen molar-refractivity contribution >= 4 is 41.0 Å². The molecule has 31 heavy (non-hydrogen) atoms. The summed E-state index contributed by atoms with van der Waals surface area (Å²) in [5.74, 6) is 0.781. The minimum atomic E-state index is -4.47. The highest BCUT2D eigenvalue weighted by Crippen LogP contribution is 2.34. The molecule has 166 valence electrons. The molecule has 4 rings (SSSR count). The number of piperazine rings is 1. The number of piperidine rings is 1. The fourth-order valence-corrected chi connectivity index (χ4v) is 4.61. The second-order valence-electron chi connectivity index (χ2n) is 7.26. The van der Waals surface area contributed by atoms with Gasteiger partial charge in [0, 0.05) is 12.7 Å². The molecule has 2 atom stereocenters. The molecule has 0 aliphatic carbocycles. The van der Waals surface area contributed by atoms with Crippen molar-refractivity contribution in [1.82, 2.24) is 14.8 Å². The summed E-state index contributed by atoms with van der Waals surface area (Å²) >= 11 is 6.91. The summed E-state index contributed by atoms with van der Waals surface area (Å²) in [5, 5.41) is 18.2. The zero-order valence-electron chi connectivity index (χ0n) is 16.6. The van der Waals surface area contributed by atoms with Gasteiger partial charge in [0.1, 0.15) is 11.7 Å².